The van der Waals surface area contributed by atoms with Crippen LogP contribution in [0.3, 0.4) is 0 Å². The van der Waals surface area contributed by atoms with E-state index in [1.165, 1.54) is 5.56 Å². The number of pyridine rings is 1. The average molecular weight is 263 g/mol. The second-order valence-electron chi connectivity index (χ2n) is 5.51. The number of nitrogens with zero attached hydrogens (tertiary/aromatic N) is 2. The van der Waals surface area contributed by atoms with Crippen LogP contribution in [0.25, 0.3) is 0 Å². The van der Waals surface area contributed by atoms with Crippen LogP contribution < -0.4 is 5.32 Å². The summed E-state index contributed by atoms with van der Waals surface area (Å²) < 4.78 is 5.84. The molecule has 0 amide bonds. The van der Waals surface area contributed by atoms with Gasteiger partial charge in [0, 0.05) is 38.1 Å². The molecule has 106 valence electrons. The fourth-order valence-corrected chi connectivity index (χ4v) is 2.32. The fraction of sp³-hybridized carbons (Fsp3) is 0.667. The van der Waals surface area contributed by atoms with Crippen molar-refractivity contribution in [3.8, 4) is 0 Å². The molecule has 0 spiro atoms. The molecule has 1 N–H and O–H groups in total. The zero-order valence-corrected chi connectivity index (χ0v) is 12.0. The number of ether oxygens (including phenoxy) is 1. The van der Waals surface area contributed by atoms with E-state index in [0.717, 1.165) is 32.5 Å². The Morgan fingerprint density at radius 1 is 1.42 bits per heavy atom. The van der Waals surface area contributed by atoms with Gasteiger partial charge in [0.1, 0.15) is 0 Å². The number of aromatic nitrogens is 1. The van der Waals surface area contributed by atoms with Crippen LogP contribution in [-0.4, -0.2) is 41.9 Å². The third kappa shape index (κ3) is 5.27. The lowest BCUT2D eigenvalue weighted by atomic mass is 10.1. The lowest BCUT2D eigenvalue weighted by Crippen LogP contribution is -2.38. The van der Waals surface area contributed by atoms with Gasteiger partial charge in [-0.3, -0.25) is 15.2 Å². The smallest absolute Gasteiger partial charge is 0.0970 e. The van der Waals surface area contributed by atoms with E-state index in [4.69, 9.17) is 4.74 Å². The summed E-state index contributed by atoms with van der Waals surface area (Å²) in [6.45, 7) is 8.18. The highest BCUT2D eigenvalue weighted by Crippen LogP contribution is 2.15. The van der Waals surface area contributed by atoms with Crippen LogP contribution in [0.4, 0.5) is 0 Å². The zero-order chi connectivity index (χ0) is 13.5. The average Bonchev–Trinajstić information content (AvgIpc) is 2.42. The van der Waals surface area contributed by atoms with Gasteiger partial charge in [0.05, 0.1) is 12.8 Å². The van der Waals surface area contributed by atoms with E-state index in [-0.39, 0.29) is 0 Å². The summed E-state index contributed by atoms with van der Waals surface area (Å²) in [5.74, 6) is 0. The van der Waals surface area contributed by atoms with Crippen LogP contribution in [0.15, 0.2) is 24.5 Å². The van der Waals surface area contributed by atoms with E-state index < -0.39 is 0 Å². The van der Waals surface area contributed by atoms with Gasteiger partial charge in [-0.15, -0.1) is 0 Å². The maximum Gasteiger partial charge on any atom is 0.0970 e. The number of hydrogen-bond donors (Lipinski definition) is 1. The second-order valence-corrected chi connectivity index (χ2v) is 5.51. The molecule has 2 rings (SSSR count). The Morgan fingerprint density at radius 2 is 2.21 bits per heavy atom. The minimum Gasteiger partial charge on any atom is -0.363 e. The van der Waals surface area contributed by atoms with Gasteiger partial charge in [0.15, 0.2) is 0 Å². The van der Waals surface area contributed by atoms with Gasteiger partial charge in [0.2, 0.25) is 0 Å². The minimum absolute atomic E-state index is 0.413. The molecule has 0 bridgehead atoms. The molecule has 1 saturated heterocycles. The normalized spacial score (nSPS) is 18.1. The maximum atomic E-state index is 5.84. The van der Waals surface area contributed by atoms with Crippen LogP contribution in [0, 0.1) is 0 Å². The third-order valence-corrected chi connectivity index (χ3v) is 3.47. The minimum atomic E-state index is 0.413. The van der Waals surface area contributed by atoms with Gasteiger partial charge >= 0.3 is 0 Å². The molecule has 1 aliphatic rings. The molecule has 1 aliphatic heterocycles. The van der Waals surface area contributed by atoms with Crippen molar-refractivity contribution in [3.05, 3.63) is 30.1 Å². The van der Waals surface area contributed by atoms with Gasteiger partial charge < -0.3 is 4.74 Å². The summed E-state index contributed by atoms with van der Waals surface area (Å²) in [5, 5.41) is 3.30. The highest BCUT2D eigenvalue weighted by molar-refractivity contribution is 5.08. The van der Waals surface area contributed by atoms with Crippen molar-refractivity contribution >= 4 is 0 Å². The lowest BCUT2D eigenvalue weighted by Gasteiger charge is -2.32. The molecule has 0 saturated carbocycles. The SMILES string of the molecule is CC(C)NCOC1CCN(Cc2cccnc2)CC1. The van der Waals surface area contributed by atoms with Crippen molar-refractivity contribution < 1.29 is 4.74 Å². The number of likely N-dealkylation sites (tertiary alicyclic amines) is 1. The number of piperidine rings is 1. The zero-order valence-electron chi connectivity index (χ0n) is 12.0. The van der Waals surface area contributed by atoms with Crippen molar-refractivity contribution in [2.24, 2.45) is 0 Å². The molecule has 1 aromatic rings. The summed E-state index contributed by atoms with van der Waals surface area (Å²) in [5.41, 5.74) is 1.29. The Balaban J connectivity index is 1.65. The van der Waals surface area contributed by atoms with Gasteiger partial charge in [-0.2, -0.15) is 0 Å². The molecule has 0 unspecified atom stereocenters. The number of rotatable bonds is 6. The first-order valence-electron chi connectivity index (χ1n) is 7.20. The highest BCUT2D eigenvalue weighted by Gasteiger charge is 2.19. The Kier molecular flexibility index (Phi) is 5.76. The lowest BCUT2D eigenvalue weighted by molar-refractivity contribution is -0.00504. The maximum absolute atomic E-state index is 5.84. The van der Waals surface area contributed by atoms with Crippen molar-refractivity contribution in [3.63, 3.8) is 0 Å². The van der Waals surface area contributed by atoms with E-state index in [1.54, 1.807) is 0 Å². The summed E-state index contributed by atoms with van der Waals surface area (Å²) in [6.07, 6.45) is 6.44. The Labute approximate surface area is 116 Å². The molecular weight excluding hydrogens is 238 g/mol. The monoisotopic (exact) mass is 263 g/mol. The number of nitrogens with one attached hydrogen (secondary N) is 1. The van der Waals surface area contributed by atoms with E-state index in [1.807, 2.05) is 18.5 Å². The predicted molar refractivity (Wildman–Crippen MR) is 76.8 cm³/mol. The molecule has 4 nitrogen and oxygen atoms in total. The highest BCUT2D eigenvalue weighted by atomic mass is 16.5. The van der Waals surface area contributed by atoms with Crippen molar-refractivity contribution in [2.45, 2.75) is 45.4 Å². The Bertz CT molecular complexity index is 348. The van der Waals surface area contributed by atoms with Crippen molar-refractivity contribution in [1.82, 2.24) is 15.2 Å². The van der Waals surface area contributed by atoms with Crippen LogP contribution in [-0.2, 0) is 11.3 Å². The first kappa shape index (κ1) is 14.4. The summed E-state index contributed by atoms with van der Waals surface area (Å²) >= 11 is 0. The molecule has 0 atom stereocenters. The van der Waals surface area contributed by atoms with Gasteiger partial charge in [-0.05, 0) is 38.3 Å². The number of hydrogen-bond acceptors (Lipinski definition) is 4. The quantitative estimate of drug-likeness (QED) is 0.797. The van der Waals surface area contributed by atoms with Gasteiger partial charge in [0.25, 0.3) is 0 Å². The van der Waals surface area contributed by atoms with Crippen LogP contribution in [0.5, 0.6) is 0 Å². The predicted octanol–water partition coefficient (Wildman–Crippen LogP) is 2.02. The molecule has 1 fully saturated rings. The summed E-state index contributed by atoms with van der Waals surface area (Å²) in [4.78, 5) is 6.64. The standard InChI is InChI=1S/C15H25N3O/c1-13(2)17-12-19-15-5-8-18(9-6-15)11-14-4-3-7-16-10-14/h3-4,7,10,13,15,17H,5-6,8-9,11-12H2,1-2H3. The summed E-state index contributed by atoms with van der Waals surface area (Å²) in [7, 11) is 0. The molecular formula is C15H25N3O. The van der Waals surface area contributed by atoms with E-state index in [0.29, 0.717) is 18.9 Å². The Hall–Kier alpha value is -0.970. The molecule has 0 radical (unpaired) electrons. The molecule has 0 aromatic carbocycles. The van der Waals surface area contributed by atoms with Crippen molar-refractivity contribution in [2.75, 3.05) is 19.8 Å². The van der Waals surface area contributed by atoms with Crippen LogP contribution >= 0.6 is 0 Å². The largest absolute Gasteiger partial charge is 0.363 e. The van der Waals surface area contributed by atoms with Gasteiger partial charge in [-0.25, -0.2) is 0 Å². The van der Waals surface area contributed by atoms with Crippen LogP contribution in [0.1, 0.15) is 32.3 Å². The molecule has 2 heterocycles. The molecule has 0 aliphatic carbocycles. The first-order chi connectivity index (χ1) is 9.24. The third-order valence-electron chi connectivity index (χ3n) is 3.47. The first-order valence-corrected chi connectivity index (χ1v) is 7.20. The van der Waals surface area contributed by atoms with E-state index in [2.05, 4.69) is 35.1 Å². The van der Waals surface area contributed by atoms with E-state index in [9.17, 15) is 0 Å². The second kappa shape index (κ2) is 7.58. The van der Waals surface area contributed by atoms with Crippen LogP contribution in [0.2, 0.25) is 0 Å². The topological polar surface area (TPSA) is 37.4 Å². The fourth-order valence-electron chi connectivity index (χ4n) is 2.32. The molecule has 1 aromatic heterocycles. The molecule has 4 heteroatoms. The van der Waals surface area contributed by atoms with E-state index >= 15 is 0 Å². The Morgan fingerprint density at radius 3 is 2.84 bits per heavy atom. The molecule has 19 heavy (non-hydrogen) atoms. The van der Waals surface area contributed by atoms with Gasteiger partial charge in [-0.1, -0.05) is 6.07 Å². The summed E-state index contributed by atoms with van der Waals surface area (Å²) in [6, 6.07) is 4.64. The van der Waals surface area contributed by atoms with Crippen molar-refractivity contribution in [1.29, 1.82) is 0 Å².